The molecule has 0 bridgehead atoms. The maximum absolute atomic E-state index is 5.38. The van der Waals surface area contributed by atoms with E-state index in [0.29, 0.717) is 30.5 Å². The van der Waals surface area contributed by atoms with Gasteiger partial charge < -0.3 is 24.8 Å². The van der Waals surface area contributed by atoms with Crippen LogP contribution in [0.15, 0.2) is 21.6 Å². The first-order valence-electron chi connectivity index (χ1n) is 7.27. The van der Waals surface area contributed by atoms with Crippen LogP contribution in [-0.2, 0) is 11.3 Å². The van der Waals surface area contributed by atoms with Gasteiger partial charge in [0, 0.05) is 27.2 Å². The largest absolute Gasteiger partial charge is 0.493 e. The molecule has 0 fully saturated rings. The lowest BCUT2D eigenvalue weighted by molar-refractivity contribution is 0.0268. The third kappa shape index (κ3) is 5.91. The standard InChI is InChI=1S/C16H26BrN3O3/c1-16(2,23-6)10-20-15(18-3)19-9-11-7-12(17)14(22-5)13(8-11)21-4/h7-8H,9-10H2,1-6H3,(H2,18,19,20). The number of guanidine groups is 1. The Hall–Kier alpha value is -1.47. The van der Waals surface area contributed by atoms with Crippen LogP contribution >= 0.6 is 15.9 Å². The van der Waals surface area contributed by atoms with Crippen LogP contribution in [0.3, 0.4) is 0 Å². The Morgan fingerprint density at radius 3 is 2.39 bits per heavy atom. The molecule has 1 aromatic carbocycles. The van der Waals surface area contributed by atoms with E-state index in [4.69, 9.17) is 14.2 Å². The lowest BCUT2D eigenvalue weighted by atomic mass is 10.1. The second-order valence-electron chi connectivity index (χ2n) is 5.56. The normalized spacial score (nSPS) is 12.0. The topological polar surface area (TPSA) is 64.1 Å². The first-order valence-corrected chi connectivity index (χ1v) is 8.06. The fraction of sp³-hybridized carbons (Fsp3) is 0.562. The Morgan fingerprint density at radius 1 is 1.17 bits per heavy atom. The Kier molecular flexibility index (Phi) is 7.64. The molecule has 0 aliphatic rings. The first kappa shape index (κ1) is 19.6. The molecule has 6 nitrogen and oxygen atoms in total. The number of nitrogens with zero attached hydrogens (tertiary/aromatic N) is 1. The molecule has 0 unspecified atom stereocenters. The summed E-state index contributed by atoms with van der Waals surface area (Å²) in [5.74, 6) is 2.07. The van der Waals surface area contributed by atoms with Gasteiger partial charge in [-0.05, 0) is 47.5 Å². The molecular weight excluding hydrogens is 362 g/mol. The lowest BCUT2D eigenvalue weighted by Crippen LogP contribution is -2.45. The van der Waals surface area contributed by atoms with Crippen LogP contribution in [0.5, 0.6) is 11.5 Å². The maximum atomic E-state index is 5.38. The van der Waals surface area contributed by atoms with Gasteiger partial charge in [-0.1, -0.05) is 0 Å². The predicted octanol–water partition coefficient (Wildman–Crippen LogP) is 2.56. The van der Waals surface area contributed by atoms with E-state index in [9.17, 15) is 0 Å². The summed E-state index contributed by atoms with van der Waals surface area (Å²) < 4.78 is 16.9. The molecule has 0 saturated carbocycles. The van der Waals surface area contributed by atoms with Crippen molar-refractivity contribution in [3.05, 3.63) is 22.2 Å². The van der Waals surface area contributed by atoms with Crippen LogP contribution in [-0.4, -0.2) is 46.5 Å². The van der Waals surface area contributed by atoms with Crippen LogP contribution in [0.25, 0.3) is 0 Å². The minimum absolute atomic E-state index is 0.260. The van der Waals surface area contributed by atoms with E-state index in [1.165, 1.54) is 0 Å². The summed E-state index contributed by atoms with van der Waals surface area (Å²) in [5, 5.41) is 6.51. The highest BCUT2D eigenvalue weighted by Gasteiger charge is 2.16. The van der Waals surface area contributed by atoms with E-state index in [0.717, 1.165) is 10.0 Å². The first-order chi connectivity index (χ1) is 10.9. The zero-order valence-corrected chi connectivity index (χ0v) is 16.2. The van der Waals surface area contributed by atoms with E-state index in [2.05, 4.69) is 31.6 Å². The third-order valence-corrected chi connectivity index (χ3v) is 4.00. The molecule has 0 aliphatic heterocycles. The van der Waals surface area contributed by atoms with Crippen molar-refractivity contribution in [3.8, 4) is 11.5 Å². The van der Waals surface area contributed by atoms with Gasteiger partial charge in [0.15, 0.2) is 17.5 Å². The molecular formula is C16H26BrN3O3. The molecule has 0 aliphatic carbocycles. The molecule has 130 valence electrons. The van der Waals surface area contributed by atoms with Crippen molar-refractivity contribution in [2.24, 2.45) is 4.99 Å². The molecule has 0 radical (unpaired) electrons. The quantitative estimate of drug-likeness (QED) is 0.555. The molecule has 0 spiro atoms. The van der Waals surface area contributed by atoms with Crippen molar-refractivity contribution in [1.29, 1.82) is 0 Å². The molecule has 1 rings (SSSR count). The highest BCUT2D eigenvalue weighted by Crippen LogP contribution is 2.36. The van der Waals surface area contributed by atoms with Crippen molar-refractivity contribution in [2.75, 3.05) is 34.9 Å². The number of methoxy groups -OCH3 is 3. The number of rotatable bonds is 7. The van der Waals surface area contributed by atoms with E-state index < -0.39 is 0 Å². The summed E-state index contributed by atoms with van der Waals surface area (Å²) >= 11 is 3.49. The average molecular weight is 388 g/mol. The van der Waals surface area contributed by atoms with Crippen LogP contribution in [0.4, 0.5) is 0 Å². The maximum Gasteiger partial charge on any atom is 0.191 e. The van der Waals surface area contributed by atoms with Crippen LogP contribution in [0, 0.1) is 0 Å². The number of hydrogen-bond donors (Lipinski definition) is 2. The van der Waals surface area contributed by atoms with Crippen molar-refractivity contribution in [3.63, 3.8) is 0 Å². The van der Waals surface area contributed by atoms with Gasteiger partial charge in [-0.15, -0.1) is 0 Å². The second-order valence-corrected chi connectivity index (χ2v) is 6.41. The van der Waals surface area contributed by atoms with Gasteiger partial charge in [-0.25, -0.2) is 0 Å². The van der Waals surface area contributed by atoms with E-state index >= 15 is 0 Å². The molecule has 7 heteroatoms. The van der Waals surface area contributed by atoms with Crippen LogP contribution < -0.4 is 20.1 Å². The SMILES string of the molecule is CN=C(NCc1cc(Br)c(OC)c(OC)c1)NCC(C)(C)OC. The van der Waals surface area contributed by atoms with E-state index in [1.807, 2.05) is 26.0 Å². The molecule has 0 amide bonds. The van der Waals surface area contributed by atoms with Gasteiger partial charge in [-0.3, -0.25) is 4.99 Å². The molecule has 1 aromatic rings. The van der Waals surface area contributed by atoms with Crippen molar-refractivity contribution in [1.82, 2.24) is 10.6 Å². The summed E-state index contributed by atoms with van der Waals surface area (Å²) in [6.07, 6.45) is 0. The number of ether oxygens (including phenoxy) is 3. The van der Waals surface area contributed by atoms with Gasteiger partial charge in [0.2, 0.25) is 0 Å². The van der Waals surface area contributed by atoms with Gasteiger partial charge in [0.1, 0.15) is 0 Å². The van der Waals surface area contributed by atoms with Crippen molar-refractivity contribution < 1.29 is 14.2 Å². The summed E-state index contributed by atoms with van der Waals surface area (Å²) in [7, 11) is 6.66. The smallest absolute Gasteiger partial charge is 0.191 e. The highest BCUT2D eigenvalue weighted by molar-refractivity contribution is 9.10. The molecule has 0 saturated heterocycles. The number of benzene rings is 1. The molecule has 2 N–H and O–H groups in total. The molecule has 0 atom stereocenters. The summed E-state index contributed by atoms with van der Waals surface area (Å²) in [4.78, 5) is 4.21. The fourth-order valence-corrected chi connectivity index (χ4v) is 2.50. The molecule has 0 heterocycles. The van der Waals surface area contributed by atoms with Gasteiger partial charge in [0.25, 0.3) is 0 Å². The number of aliphatic imine (C=N–C) groups is 1. The summed E-state index contributed by atoms with van der Waals surface area (Å²) in [6.45, 7) is 5.28. The predicted molar refractivity (Wildman–Crippen MR) is 96.5 cm³/mol. The monoisotopic (exact) mass is 387 g/mol. The van der Waals surface area contributed by atoms with Gasteiger partial charge in [-0.2, -0.15) is 0 Å². The zero-order chi connectivity index (χ0) is 17.5. The van der Waals surface area contributed by atoms with E-state index in [-0.39, 0.29) is 5.60 Å². The van der Waals surface area contributed by atoms with Crippen molar-refractivity contribution in [2.45, 2.75) is 26.0 Å². The number of hydrogen-bond acceptors (Lipinski definition) is 4. The Bertz CT molecular complexity index is 548. The fourth-order valence-electron chi connectivity index (χ4n) is 1.85. The van der Waals surface area contributed by atoms with E-state index in [1.54, 1.807) is 28.4 Å². The third-order valence-electron chi connectivity index (χ3n) is 3.41. The van der Waals surface area contributed by atoms with Gasteiger partial charge >= 0.3 is 0 Å². The summed E-state index contributed by atoms with van der Waals surface area (Å²) in [6, 6.07) is 3.92. The Balaban J connectivity index is 2.71. The molecule has 0 aromatic heterocycles. The lowest BCUT2D eigenvalue weighted by Gasteiger charge is -2.24. The van der Waals surface area contributed by atoms with Gasteiger partial charge in [0.05, 0.1) is 24.3 Å². The minimum Gasteiger partial charge on any atom is -0.493 e. The summed E-state index contributed by atoms with van der Waals surface area (Å²) in [5.41, 5.74) is 0.785. The zero-order valence-electron chi connectivity index (χ0n) is 14.6. The Labute approximate surface area is 146 Å². The second kappa shape index (κ2) is 8.98. The molecule has 23 heavy (non-hydrogen) atoms. The average Bonchev–Trinajstić information content (AvgIpc) is 2.54. The number of halogens is 1. The van der Waals surface area contributed by atoms with Crippen molar-refractivity contribution >= 4 is 21.9 Å². The number of nitrogens with one attached hydrogen (secondary N) is 2. The Morgan fingerprint density at radius 2 is 1.87 bits per heavy atom. The highest BCUT2D eigenvalue weighted by atomic mass is 79.9. The van der Waals surface area contributed by atoms with Crippen LogP contribution in [0.1, 0.15) is 19.4 Å². The van der Waals surface area contributed by atoms with Crippen LogP contribution in [0.2, 0.25) is 0 Å². The minimum atomic E-state index is -0.260.